The van der Waals surface area contributed by atoms with Crippen LogP contribution in [0, 0.1) is 0 Å². The van der Waals surface area contributed by atoms with Crippen molar-refractivity contribution in [1.29, 1.82) is 0 Å². The number of carbonyl (C=O) groups excluding carboxylic acids is 1. The van der Waals surface area contributed by atoms with Crippen LogP contribution in [0.25, 0.3) is 0 Å². The standard InChI is InChI=1S/C9H8BrNO/c1-5-8-4-6(10)2-3-7(8)9(12)11-5/h2-5H,1H3,(H,11,12). The number of rotatable bonds is 0. The highest BCUT2D eigenvalue weighted by atomic mass is 79.9. The molecule has 1 aromatic carbocycles. The van der Waals surface area contributed by atoms with Gasteiger partial charge in [-0.05, 0) is 30.7 Å². The predicted molar refractivity (Wildman–Crippen MR) is 50.0 cm³/mol. The molecule has 0 spiro atoms. The first-order valence-electron chi connectivity index (χ1n) is 3.79. The average Bonchev–Trinajstić information content (AvgIpc) is 2.28. The zero-order valence-corrected chi connectivity index (χ0v) is 8.18. The second-order valence-corrected chi connectivity index (χ2v) is 3.84. The van der Waals surface area contributed by atoms with Gasteiger partial charge in [0.05, 0.1) is 6.04 Å². The third-order valence-electron chi connectivity index (χ3n) is 2.07. The van der Waals surface area contributed by atoms with E-state index < -0.39 is 0 Å². The molecule has 0 bridgehead atoms. The highest BCUT2D eigenvalue weighted by molar-refractivity contribution is 9.10. The summed E-state index contributed by atoms with van der Waals surface area (Å²) in [5, 5.41) is 2.85. The molecule has 1 unspecified atom stereocenters. The van der Waals surface area contributed by atoms with E-state index in [1.165, 1.54) is 0 Å². The summed E-state index contributed by atoms with van der Waals surface area (Å²) in [7, 11) is 0. The molecule has 0 fully saturated rings. The summed E-state index contributed by atoms with van der Waals surface area (Å²) < 4.78 is 1.02. The van der Waals surface area contributed by atoms with Crippen molar-refractivity contribution in [2.45, 2.75) is 13.0 Å². The molecule has 12 heavy (non-hydrogen) atoms. The van der Waals surface area contributed by atoms with E-state index in [9.17, 15) is 4.79 Å². The number of amides is 1. The number of benzene rings is 1. The number of nitrogens with one attached hydrogen (secondary N) is 1. The first kappa shape index (κ1) is 7.80. The molecule has 1 aromatic rings. The van der Waals surface area contributed by atoms with E-state index in [-0.39, 0.29) is 11.9 Å². The van der Waals surface area contributed by atoms with Gasteiger partial charge in [-0.3, -0.25) is 4.79 Å². The second-order valence-electron chi connectivity index (χ2n) is 2.93. The number of fused-ring (bicyclic) bond motifs is 1. The maximum Gasteiger partial charge on any atom is 0.252 e. The smallest absolute Gasteiger partial charge is 0.252 e. The average molecular weight is 226 g/mol. The molecule has 62 valence electrons. The second kappa shape index (κ2) is 2.59. The molecule has 0 saturated heterocycles. The fourth-order valence-corrected chi connectivity index (χ4v) is 1.83. The molecule has 0 aromatic heterocycles. The van der Waals surface area contributed by atoms with Crippen molar-refractivity contribution in [3.8, 4) is 0 Å². The Bertz CT molecular complexity index is 348. The number of hydrogen-bond donors (Lipinski definition) is 1. The molecule has 2 rings (SSSR count). The first-order chi connectivity index (χ1) is 5.68. The Morgan fingerprint density at radius 1 is 1.50 bits per heavy atom. The number of carbonyl (C=O) groups is 1. The van der Waals surface area contributed by atoms with E-state index in [1.807, 2.05) is 25.1 Å². The topological polar surface area (TPSA) is 29.1 Å². The molecule has 0 radical (unpaired) electrons. The molecule has 1 heterocycles. The van der Waals surface area contributed by atoms with Crippen molar-refractivity contribution >= 4 is 21.8 Å². The lowest BCUT2D eigenvalue weighted by Gasteiger charge is -2.02. The minimum absolute atomic E-state index is 0.0324. The number of halogens is 1. The van der Waals surface area contributed by atoms with Crippen molar-refractivity contribution in [2.75, 3.05) is 0 Å². The zero-order chi connectivity index (χ0) is 8.72. The summed E-state index contributed by atoms with van der Waals surface area (Å²) in [6.45, 7) is 1.98. The van der Waals surface area contributed by atoms with Crippen LogP contribution in [0.1, 0.15) is 28.9 Å². The van der Waals surface area contributed by atoms with E-state index in [4.69, 9.17) is 0 Å². The van der Waals surface area contributed by atoms with Crippen LogP contribution in [0.4, 0.5) is 0 Å². The largest absolute Gasteiger partial charge is 0.345 e. The highest BCUT2D eigenvalue weighted by Crippen LogP contribution is 2.27. The van der Waals surface area contributed by atoms with Crippen molar-refractivity contribution in [3.63, 3.8) is 0 Å². The Kier molecular flexibility index (Phi) is 1.68. The molecular formula is C9H8BrNO. The third-order valence-corrected chi connectivity index (χ3v) is 2.57. The molecule has 1 aliphatic rings. The molecule has 0 saturated carbocycles. The highest BCUT2D eigenvalue weighted by Gasteiger charge is 2.24. The van der Waals surface area contributed by atoms with Gasteiger partial charge in [0.1, 0.15) is 0 Å². The van der Waals surface area contributed by atoms with Gasteiger partial charge in [-0.1, -0.05) is 15.9 Å². The summed E-state index contributed by atoms with van der Waals surface area (Å²) in [4.78, 5) is 11.3. The van der Waals surface area contributed by atoms with E-state index in [0.29, 0.717) is 0 Å². The van der Waals surface area contributed by atoms with Gasteiger partial charge in [0, 0.05) is 10.0 Å². The first-order valence-corrected chi connectivity index (χ1v) is 4.58. The van der Waals surface area contributed by atoms with Gasteiger partial charge >= 0.3 is 0 Å². The maximum atomic E-state index is 11.3. The quantitative estimate of drug-likeness (QED) is 0.722. The molecule has 1 amide bonds. The van der Waals surface area contributed by atoms with E-state index in [1.54, 1.807) is 0 Å². The van der Waals surface area contributed by atoms with Crippen LogP contribution in [0.5, 0.6) is 0 Å². The van der Waals surface area contributed by atoms with Crippen molar-refractivity contribution in [2.24, 2.45) is 0 Å². The Balaban J connectivity index is 2.60. The van der Waals surface area contributed by atoms with Crippen LogP contribution in [-0.2, 0) is 0 Å². The van der Waals surface area contributed by atoms with E-state index in [2.05, 4.69) is 21.2 Å². The fraction of sp³-hybridized carbons (Fsp3) is 0.222. The lowest BCUT2D eigenvalue weighted by atomic mass is 10.1. The predicted octanol–water partition coefficient (Wildman–Crippen LogP) is 2.25. The van der Waals surface area contributed by atoms with Gasteiger partial charge in [0.15, 0.2) is 0 Å². The Morgan fingerprint density at radius 2 is 2.25 bits per heavy atom. The van der Waals surface area contributed by atoms with Crippen LogP contribution < -0.4 is 5.32 Å². The van der Waals surface area contributed by atoms with Gasteiger partial charge < -0.3 is 5.32 Å². The molecule has 1 N–H and O–H groups in total. The van der Waals surface area contributed by atoms with Crippen LogP contribution in [0.2, 0.25) is 0 Å². The maximum absolute atomic E-state index is 11.3. The Morgan fingerprint density at radius 3 is 3.00 bits per heavy atom. The lowest BCUT2D eigenvalue weighted by Crippen LogP contribution is -2.16. The monoisotopic (exact) mass is 225 g/mol. The summed E-state index contributed by atoms with van der Waals surface area (Å²) in [5.41, 5.74) is 1.88. The normalized spacial score (nSPS) is 20.5. The summed E-state index contributed by atoms with van der Waals surface area (Å²) in [5.74, 6) is 0.0324. The SMILES string of the molecule is CC1NC(=O)c2ccc(Br)cc21. The van der Waals surface area contributed by atoms with Crippen molar-refractivity contribution < 1.29 is 4.79 Å². The van der Waals surface area contributed by atoms with Crippen molar-refractivity contribution in [1.82, 2.24) is 5.32 Å². The summed E-state index contributed by atoms with van der Waals surface area (Å²) in [6.07, 6.45) is 0. The van der Waals surface area contributed by atoms with Crippen LogP contribution in [0.15, 0.2) is 22.7 Å². The molecule has 3 heteroatoms. The molecule has 1 aliphatic heterocycles. The van der Waals surface area contributed by atoms with Gasteiger partial charge in [-0.25, -0.2) is 0 Å². The Labute approximate surface area is 79.1 Å². The van der Waals surface area contributed by atoms with Crippen LogP contribution in [0.3, 0.4) is 0 Å². The zero-order valence-electron chi connectivity index (χ0n) is 6.60. The molecule has 2 nitrogen and oxygen atoms in total. The molecule has 1 atom stereocenters. The Hall–Kier alpha value is -0.830. The summed E-state index contributed by atoms with van der Waals surface area (Å²) >= 11 is 3.37. The van der Waals surface area contributed by atoms with Crippen LogP contribution >= 0.6 is 15.9 Å². The minimum Gasteiger partial charge on any atom is -0.345 e. The van der Waals surface area contributed by atoms with Gasteiger partial charge in [0.2, 0.25) is 0 Å². The van der Waals surface area contributed by atoms with Gasteiger partial charge in [0.25, 0.3) is 5.91 Å². The van der Waals surface area contributed by atoms with Gasteiger partial charge in [-0.15, -0.1) is 0 Å². The summed E-state index contributed by atoms with van der Waals surface area (Å²) in [6, 6.07) is 5.86. The minimum atomic E-state index is 0.0324. The fourth-order valence-electron chi connectivity index (χ4n) is 1.45. The van der Waals surface area contributed by atoms with Crippen LogP contribution in [-0.4, -0.2) is 5.91 Å². The van der Waals surface area contributed by atoms with E-state index >= 15 is 0 Å². The molecule has 0 aliphatic carbocycles. The lowest BCUT2D eigenvalue weighted by molar-refractivity contribution is 0.0958. The van der Waals surface area contributed by atoms with Gasteiger partial charge in [-0.2, -0.15) is 0 Å². The van der Waals surface area contributed by atoms with Crippen molar-refractivity contribution in [3.05, 3.63) is 33.8 Å². The van der Waals surface area contributed by atoms with E-state index in [0.717, 1.165) is 15.6 Å². The number of hydrogen-bond acceptors (Lipinski definition) is 1. The third kappa shape index (κ3) is 1.05. The molecular weight excluding hydrogens is 218 g/mol.